The maximum absolute atomic E-state index is 12.3. The fraction of sp³-hybridized carbons (Fsp3) is 0.0952. The standard InChI is InChI=1S/C21H17N5O/c22-11-15-5-1-3-7-19(15)26-21(27)17(12-23)13-24-10-9-16-14-25-20-8-4-2-6-18(16)20/h1-8,13-14,24-25H,9-10H2,(H,26,27)/b17-13-. The van der Waals surface area contributed by atoms with E-state index in [1.807, 2.05) is 36.5 Å². The number of hydrogen-bond acceptors (Lipinski definition) is 4. The molecule has 0 bridgehead atoms. The lowest BCUT2D eigenvalue weighted by molar-refractivity contribution is -0.112. The van der Waals surface area contributed by atoms with Gasteiger partial charge < -0.3 is 15.6 Å². The lowest BCUT2D eigenvalue weighted by Gasteiger charge is -2.06. The van der Waals surface area contributed by atoms with E-state index in [1.54, 1.807) is 24.3 Å². The van der Waals surface area contributed by atoms with Gasteiger partial charge in [0.25, 0.3) is 5.91 Å². The molecule has 0 saturated carbocycles. The van der Waals surface area contributed by atoms with Gasteiger partial charge in [-0.2, -0.15) is 10.5 Å². The van der Waals surface area contributed by atoms with Crippen LogP contribution in [-0.4, -0.2) is 17.4 Å². The summed E-state index contributed by atoms with van der Waals surface area (Å²) in [6.45, 7) is 0.578. The molecular weight excluding hydrogens is 338 g/mol. The molecule has 0 spiro atoms. The molecule has 27 heavy (non-hydrogen) atoms. The van der Waals surface area contributed by atoms with Gasteiger partial charge in [-0.15, -0.1) is 0 Å². The summed E-state index contributed by atoms with van der Waals surface area (Å²) in [6, 6.07) is 18.6. The van der Waals surface area contributed by atoms with Crippen molar-refractivity contribution in [2.75, 3.05) is 11.9 Å². The van der Waals surface area contributed by atoms with Crippen LogP contribution in [0.3, 0.4) is 0 Å². The predicted molar refractivity (Wildman–Crippen MR) is 103 cm³/mol. The molecule has 6 heteroatoms. The number of aromatic nitrogens is 1. The highest BCUT2D eigenvalue weighted by molar-refractivity contribution is 6.07. The van der Waals surface area contributed by atoms with Crippen molar-refractivity contribution < 1.29 is 4.79 Å². The molecule has 0 unspecified atom stereocenters. The third kappa shape index (κ3) is 4.15. The number of nitriles is 2. The zero-order chi connectivity index (χ0) is 19.1. The van der Waals surface area contributed by atoms with Gasteiger partial charge in [-0.3, -0.25) is 4.79 Å². The van der Waals surface area contributed by atoms with Gasteiger partial charge >= 0.3 is 0 Å². The average molecular weight is 355 g/mol. The summed E-state index contributed by atoms with van der Waals surface area (Å²) in [5.41, 5.74) is 2.91. The van der Waals surface area contributed by atoms with Gasteiger partial charge in [-0.1, -0.05) is 30.3 Å². The van der Waals surface area contributed by atoms with E-state index in [2.05, 4.69) is 21.7 Å². The number of nitrogens with one attached hydrogen (secondary N) is 3. The molecule has 2 aromatic carbocycles. The van der Waals surface area contributed by atoms with Gasteiger partial charge in [0, 0.05) is 29.8 Å². The summed E-state index contributed by atoms with van der Waals surface area (Å²) in [5.74, 6) is -0.556. The van der Waals surface area contributed by atoms with Crippen LogP contribution in [-0.2, 0) is 11.2 Å². The lowest BCUT2D eigenvalue weighted by Crippen LogP contribution is -2.18. The zero-order valence-electron chi connectivity index (χ0n) is 14.5. The maximum Gasteiger partial charge on any atom is 0.267 e. The van der Waals surface area contributed by atoms with E-state index in [0.717, 1.165) is 22.9 Å². The highest BCUT2D eigenvalue weighted by Crippen LogP contribution is 2.18. The summed E-state index contributed by atoms with van der Waals surface area (Å²) in [7, 11) is 0. The number of amides is 1. The maximum atomic E-state index is 12.3. The van der Waals surface area contributed by atoms with Crippen LogP contribution in [0.1, 0.15) is 11.1 Å². The largest absolute Gasteiger partial charge is 0.389 e. The van der Waals surface area contributed by atoms with Gasteiger partial charge in [0.2, 0.25) is 0 Å². The second-order valence-corrected chi connectivity index (χ2v) is 5.84. The Morgan fingerprint density at radius 1 is 1.11 bits per heavy atom. The van der Waals surface area contributed by atoms with Crippen LogP contribution in [0.5, 0.6) is 0 Å². The SMILES string of the molecule is N#C/C(=C/NCCc1c[nH]c2ccccc12)C(=O)Nc1ccccc1C#N. The first-order valence-electron chi connectivity index (χ1n) is 8.42. The molecule has 1 aromatic heterocycles. The lowest BCUT2D eigenvalue weighted by atomic mass is 10.1. The Labute approximate surface area is 156 Å². The summed E-state index contributed by atoms with van der Waals surface area (Å²) in [5, 5.41) is 25.1. The van der Waals surface area contributed by atoms with Crippen LogP contribution in [0.25, 0.3) is 10.9 Å². The first-order chi connectivity index (χ1) is 13.2. The summed E-state index contributed by atoms with van der Waals surface area (Å²) < 4.78 is 0. The van der Waals surface area contributed by atoms with Crippen molar-refractivity contribution >= 4 is 22.5 Å². The van der Waals surface area contributed by atoms with Crippen molar-refractivity contribution in [3.05, 3.63) is 77.6 Å². The van der Waals surface area contributed by atoms with Crippen molar-refractivity contribution in [1.29, 1.82) is 10.5 Å². The van der Waals surface area contributed by atoms with E-state index in [-0.39, 0.29) is 5.57 Å². The molecule has 132 valence electrons. The smallest absolute Gasteiger partial charge is 0.267 e. The average Bonchev–Trinajstić information content (AvgIpc) is 3.11. The van der Waals surface area contributed by atoms with E-state index in [9.17, 15) is 10.1 Å². The minimum Gasteiger partial charge on any atom is -0.389 e. The molecule has 1 amide bonds. The monoisotopic (exact) mass is 355 g/mol. The van der Waals surface area contributed by atoms with Gasteiger partial charge in [0.05, 0.1) is 11.3 Å². The van der Waals surface area contributed by atoms with E-state index in [0.29, 0.717) is 17.8 Å². The van der Waals surface area contributed by atoms with Crippen LogP contribution < -0.4 is 10.6 Å². The normalized spacial score (nSPS) is 10.8. The molecule has 0 radical (unpaired) electrons. The van der Waals surface area contributed by atoms with Crippen molar-refractivity contribution in [2.24, 2.45) is 0 Å². The minimum absolute atomic E-state index is 0.0540. The summed E-state index contributed by atoms with van der Waals surface area (Å²) in [4.78, 5) is 15.5. The number of para-hydroxylation sites is 2. The Balaban J connectivity index is 1.60. The van der Waals surface area contributed by atoms with Crippen molar-refractivity contribution in [2.45, 2.75) is 6.42 Å². The Hall–Kier alpha value is -4.03. The molecule has 0 aliphatic heterocycles. The third-order valence-electron chi connectivity index (χ3n) is 4.12. The van der Waals surface area contributed by atoms with E-state index in [4.69, 9.17) is 5.26 Å². The third-order valence-corrected chi connectivity index (χ3v) is 4.12. The number of nitrogens with zero attached hydrogens (tertiary/aromatic N) is 2. The first-order valence-corrected chi connectivity index (χ1v) is 8.42. The fourth-order valence-electron chi connectivity index (χ4n) is 2.75. The number of hydrogen-bond donors (Lipinski definition) is 3. The molecule has 6 nitrogen and oxygen atoms in total. The Morgan fingerprint density at radius 3 is 2.70 bits per heavy atom. The number of H-pyrrole nitrogens is 1. The van der Waals surface area contributed by atoms with Gasteiger partial charge in [0.1, 0.15) is 17.7 Å². The Bertz CT molecular complexity index is 1080. The van der Waals surface area contributed by atoms with Gasteiger partial charge in [0.15, 0.2) is 0 Å². The second kappa shape index (κ2) is 8.37. The fourth-order valence-corrected chi connectivity index (χ4v) is 2.75. The van der Waals surface area contributed by atoms with Gasteiger partial charge in [-0.05, 0) is 30.2 Å². The number of aromatic amines is 1. The van der Waals surface area contributed by atoms with E-state index < -0.39 is 5.91 Å². The molecule has 0 aliphatic rings. The van der Waals surface area contributed by atoms with Crippen molar-refractivity contribution in [3.8, 4) is 12.1 Å². The zero-order valence-corrected chi connectivity index (χ0v) is 14.5. The number of anilines is 1. The minimum atomic E-state index is -0.556. The van der Waals surface area contributed by atoms with Crippen molar-refractivity contribution in [3.63, 3.8) is 0 Å². The first kappa shape index (κ1) is 17.8. The van der Waals surface area contributed by atoms with Crippen LogP contribution in [0.2, 0.25) is 0 Å². The van der Waals surface area contributed by atoms with Gasteiger partial charge in [-0.25, -0.2) is 0 Å². The second-order valence-electron chi connectivity index (χ2n) is 5.84. The van der Waals surface area contributed by atoms with Crippen LogP contribution in [0, 0.1) is 22.7 Å². The Morgan fingerprint density at radius 2 is 1.89 bits per heavy atom. The molecular formula is C21H17N5O. The molecule has 3 N–H and O–H groups in total. The van der Waals surface area contributed by atoms with E-state index >= 15 is 0 Å². The summed E-state index contributed by atoms with van der Waals surface area (Å²) in [6.07, 6.45) is 4.12. The molecule has 0 saturated heterocycles. The molecule has 0 atom stereocenters. The highest BCUT2D eigenvalue weighted by Gasteiger charge is 2.11. The predicted octanol–water partition coefficient (Wildman–Crippen LogP) is 3.22. The number of benzene rings is 2. The molecule has 0 fully saturated rings. The Kier molecular flexibility index (Phi) is 5.51. The molecule has 0 aliphatic carbocycles. The highest BCUT2D eigenvalue weighted by atomic mass is 16.1. The number of rotatable bonds is 6. The van der Waals surface area contributed by atoms with Crippen LogP contribution >= 0.6 is 0 Å². The quantitative estimate of drug-likeness (QED) is 0.359. The van der Waals surface area contributed by atoms with Crippen LogP contribution in [0.15, 0.2) is 66.5 Å². The number of carbonyl (C=O) groups excluding carboxylic acids is 1. The molecule has 3 rings (SSSR count). The number of fused-ring (bicyclic) bond motifs is 1. The molecule has 3 aromatic rings. The summed E-state index contributed by atoms with van der Waals surface area (Å²) >= 11 is 0. The number of carbonyl (C=O) groups is 1. The van der Waals surface area contributed by atoms with Crippen LogP contribution in [0.4, 0.5) is 5.69 Å². The van der Waals surface area contributed by atoms with Crippen molar-refractivity contribution in [1.82, 2.24) is 10.3 Å². The topological polar surface area (TPSA) is 104 Å². The molecule has 1 heterocycles. The van der Waals surface area contributed by atoms with E-state index in [1.165, 1.54) is 6.20 Å².